The number of rotatable bonds is 0. The lowest BCUT2D eigenvalue weighted by Gasteiger charge is -2.09. The zero-order chi connectivity index (χ0) is 15.5. The van der Waals surface area contributed by atoms with E-state index in [1.54, 1.807) is 0 Å². The summed E-state index contributed by atoms with van der Waals surface area (Å²) in [6.07, 6.45) is 5.36. The van der Waals surface area contributed by atoms with E-state index in [0.717, 1.165) is 32.0 Å². The Kier molecular flexibility index (Phi) is 8.11. The van der Waals surface area contributed by atoms with Crippen LogP contribution in [0.25, 0.3) is 0 Å². The molecule has 4 aliphatic rings. The smallest absolute Gasteiger partial charge is 0.116 e. The highest BCUT2D eigenvalue weighted by atomic mass is 16.1. The van der Waals surface area contributed by atoms with E-state index in [9.17, 15) is 0 Å². The predicted octanol–water partition coefficient (Wildman–Crippen LogP) is 4.80. The van der Waals surface area contributed by atoms with Crippen LogP contribution in [-0.4, -0.2) is 6.29 Å². The molecule has 0 saturated carbocycles. The second-order valence-electron chi connectivity index (χ2n) is 4.87. The molecule has 4 bridgehead atoms. The van der Waals surface area contributed by atoms with E-state index in [-0.39, 0.29) is 0 Å². The third-order valence-corrected chi connectivity index (χ3v) is 3.45. The van der Waals surface area contributed by atoms with Crippen molar-refractivity contribution in [1.29, 1.82) is 0 Å². The lowest BCUT2D eigenvalue weighted by atomic mass is 9.97. The van der Waals surface area contributed by atoms with Gasteiger partial charge in [0.1, 0.15) is 6.29 Å². The molecule has 0 aliphatic heterocycles. The fraction of sp³-hybridized carbons (Fsp3) is 0.350. The molecule has 0 radical (unpaired) electrons. The van der Waals surface area contributed by atoms with E-state index < -0.39 is 0 Å². The van der Waals surface area contributed by atoms with Crippen LogP contribution in [0.15, 0.2) is 48.5 Å². The first kappa shape index (κ1) is 17.2. The number of aryl methyl sites for hydroxylation is 4. The Hall–Kier alpha value is -1.89. The molecule has 112 valence electrons. The third-order valence-electron chi connectivity index (χ3n) is 3.45. The first-order chi connectivity index (χ1) is 10.3. The average Bonchev–Trinajstić information content (AvgIpc) is 2.53. The Balaban J connectivity index is 0.000000395. The summed E-state index contributed by atoms with van der Waals surface area (Å²) in [7, 11) is 0. The quantitative estimate of drug-likeness (QED) is 0.634. The Bertz CT molecular complexity index is 415. The van der Waals surface area contributed by atoms with E-state index >= 15 is 0 Å². The zero-order valence-corrected chi connectivity index (χ0v) is 13.4. The topological polar surface area (TPSA) is 17.1 Å². The van der Waals surface area contributed by atoms with Gasteiger partial charge in [-0.1, -0.05) is 62.4 Å². The first-order valence-electron chi connectivity index (χ1n) is 7.87. The van der Waals surface area contributed by atoms with E-state index in [1.807, 2.05) is 13.8 Å². The Morgan fingerprint density at radius 2 is 0.762 bits per heavy atom. The van der Waals surface area contributed by atoms with Crippen LogP contribution in [0.2, 0.25) is 0 Å². The third kappa shape index (κ3) is 5.95. The van der Waals surface area contributed by atoms with Crippen molar-refractivity contribution in [1.82, 2.24) is 0 Å². The number of carbonyl (C=O) groups excluding carboxylic acids is 1. The van der Waals surface area contributed by atoms with Crippen LogP contribution in [0, 0.1) is 0 Å². The molecular weight excluding hydrogens is 256 g/mol. The molecular formula is C20H26O. The van der Waals surface area contributed by atoms with Crippen LogP contribution in [0.4, 0.5) is 0 Å². The van der Waals surface area contributed by atoms with Gasteiger partial charge in [0, 0.05) is 0 Å². The van der Waals surface area contributed by atoms with Crippen LogP contribution >= 0.6 is 0 Å². The van der Waals surface area contributed by atoms with Gasteiger partial charge in [0.2, 0.25) is 0 Å². The summed E-state index contributed by atoms with van der Waals surface area (Å²) in [5.41, 5.74) is 5.81. The molecule has 0 saturated heterocycles. The van der Waals surface area contributed by atoms with E-state index in [0.29, 0.717) is 0 Å². The van der Waals surface area contributed by atoms with Gasteiger partial charge in [0.25, 0.3) is 0 Å². The van der Waals surface area contributed by atoms with Crippen molar-refractivity contribution in [2.24, 2.45) is 0 Å². The highest BCUT2D eigenvalue weighted by molar-refractivity contribution is 5.44. The molecule has 0 atom stereocenters. The molecule has 1 nitrogen and oxygen atoms in total. The van der Waals surface area contributed by atoms with Gasteiger partial charge in [0.05, 0.1) is 0 Å². The molecule has 4 aliphatic carbocycles. The molecule has 0 heterocycles. The largest absolute Gasteiger partial charge is 0.304 e. The molecule has 0 aromatic heterocycles. The van der Waals surface area contributed by atoms with Crippen molar-refractivity contribution in [3.8, 4) is 0 Å². The Morgan fingerprint density at radius 1 is 0.619 bits per heavy atom. The fourth-order valence-corrected chi connectivity index (χ4v) is 2.32. The van der Waals surface area contributed by atoms with Crippen LogP contribution in [0.5, 0.6) is 0 Å². The maximum atomic E-state index is 8.81. The number of benzene rings is 2. The fourth-order valence-electron chi connectivity index (χ4n) is 2.32. The van der Waals surface area contributed by atoms with E-state index in [1.165, 1.54) is 29.2 Å². The maximum Gasteiger partial charge on any atom is 0.116 e. The zero-order valence-electron chi connectivity index (χ0n) is 13.4. The van der Waals surface area contributed by atoms with E-state index in [4.69, 9.17) is 4.79 Å². The number of hydrogen-bond donors (Lipinski definition) is 0. The monoisotopic (exact) mass is 282 g/mol. The first-order valence-corrected chi connectivity index (χ1v) is 7.87. The summed E-state index contributed by atoms with van der Waals surface area (Å²) in [5, 5.41) is 0. The van der Waals surface area contributed by atoms with Crippen LogP contribution in [-0.2, 0) is 30.5 Å². The molecule has 0 spiro atoms. The van der Waals surface area contributed by atoms with Gasteiger partial charge in [-0.3, -0.25) is 0 Å². The van der Waals surface area contributed by atoms with Gasteiger partial charge in [-0.05, 0) is 54.9 Å². The number of hydrogen-bond acceptors (Lipinski definition) is 1. The molecule has 0 unspecified atom stereocenters. The van der Waals surface area contributed by atoms with Gasteiger partial charge in [0.15, 0.2) is 0 Å². The van der Waals surface area contributed by atoms with E-state index in [2.05, 4.69) is 48.5 Å². The minimum atomic E-state index is 0.750. The van der Waals surface area contributed by atoms with Crippen LogP contribution in [0.3, 0.4) is 0 Å². The molecule has 6 rings (SSSR count). The van der Waals surface area contributed by atoms with Gasteiger partial charge in [-0.25, -0.2) is 0 Å². The average molecular weight is 282 g/mol. The molecule has 2 aromatic rings. The molecule has 0 N–H and O–H groups in total. The van der Waals surface area contributed by atoms with Crippen molar-refractivity contribution >= 4 is 6.29 Å². The van der Waals surface area contributed by atoms with Crippen molar-refractivity contribution in [3.05, 3.63) is 70.8 Å². The molecule has 1 heteroatoms. The predicted molar refractivity (Wildman–Crippen MR) is 90.8 cm³/mol. The normalized spacial score (nSPS) is 12.0. The highest BCUT2D eigenvalue weighted by Crippen LogP contribution is 2.14. The van der Waals surface area contributed by atoms with Crippen molar-refractivity contribution in [3.63, 3.8) is 0 Å². The van der Waals surface area contributed by atoms with Gasteiger partial charge < -0.3 is 4.79 Å². The lowest BCUT2D eigenvalue weighted by Crippen LogP contribution is -1.97. The SMILES string of the molecule is CC.CC=O.c1cc2ccc1CCc1ccc(cc1)CC2. The van der Waals surface area contributed by atoms with Gasteiger partial charge in [-0.15, -0.1) is 0 Å². The van der Waals surface area contributed by atoms with Crippen molar-refractivity contribution in [2.75, 3.05) is 0 Å². The van der Waals surface area contributed by atoms with Crippen LogP contribution < -0.4 is 0 Å². The summed E-state index contributed by atoms with van der Waals surface area (Å²) in [4.78, 5) is 8.81. The summed E-state index contributed by atoms with van der Waals surface area (Å²) in [6.45, 7) is 5.44. The molecule has 0 amide bonds. The standard InChI is InChI=1S/C16H16.C2H4O.C2H6/c1-2-14-4-3-13(1)9-10-15-5-7-16(8-6-15)12-11-14;1-2-3;1-2/h1-8H,9-12H2;2H,1H3;1-2H3. The summed E-state index contributed by atoms with van der Waals surface area (Å²) in [6, 6.07) is 18.2. The minimum Gasteiger partial charge on any atom is -0.304 e. The van der Waals surface area contributed by atoms with Crippen LogP contribution in [0.1, 0.15) is 43.0 Å². The minimum absolute atomic E-state index is 0.750. The van der Waals surface area contributed by atoms with Crippen molar-refractivity contribution < 1.29 is 4.79 Å². The number of carbonyl (C=O) groups is 1. The Labute approximate surface area is 129 Å². The molecule has 2 aromatic carbocycles. The lowest BCUT2D eigenvalue weighted by molar-refractivity contribution is -0.106. The summed E-state index contributed by atoms with van der Waals surface area (Å²) >= 11 is 0. The van der Waals surface area contributed by atoms with Crippen molar-refractivity contribution in [2.45, 2.75) is 46.5 Å². The van der Waals surface area contributed by atoms with Gasteiger partial charge >= 0.3 is 0 Å². The summed E-state index contributed by atoms with van der Waals surface area (Å²) < 4.78 is 0. The second-order valence-corrected chi connectivity index (χ2v) is 4.87. The second kappa shape index (κ2) is 9.93. The summed E-state index contributed by atoms with van der Waals surface area (Å²) in [5.74, 6) is 0. The number of aldehydes is 1. The Morgan fingerprint density at radius 3 is 0.905 bits per heavy atom. The molecule has 21 heavy (non-hydrogen) atoms. The van der Waals surface area contributed by atoms with Gasteiger partial charge in [-0.2, -0.15) is 0 Å². The highest BCUT2D eigenvalue weighted by Gasteiger charge is 2.01. The maximum absolute atomic E-state index is 8.81. The molecule has 0 fully saturated rings.